The van der Waals surface area contributed by atoms with E-state index in [0.717, 1.165) is 4.40 Å². The number of hydrogen-bond acceptors (Lipinski definition) is 6. The Bertz CT molecular complexity index is 917. The van der Waals surface area contributed by atoms with Gasteiger partial charge in [0.2, 0.25) is 11.7 Å². The molecule has 0 aliphatic heterocycles. The van der Waals surface area contributed by atoms with E-state index in [2.05, 4.69) is 24.9 Å². The summed E-state index contributed by atoms with van der Waals surface area (Å²) in [4.78, 5) is 8.06. The minimum absolute atomic E-state index is 0.0143. The molecule has 0 bridgehead atoms. The maximum atomic E-state index is 14.0. The Morgan fingerprint density at radius 1 is 1.15 bits per heavy atom. The molecule has 0 unspecified atom stereocenters. The van der Waals surface area contributed by atoms with Gasteiger partial charge in [-0.05, 0) is 19.9 Å². The Morgan fingerprint density at radius 3 is 2.56 bits per heavy atom. The fraction of sp³-hybridized carbons (Fsp3) is 0.375. The zero-order valence-electron chi connectivity index (χ0n) is 14.3. The largest absolute Gasteiger partial charge is 0.469 e. The van der Waals surface area contributed by atoms with E-state index in [0.29, 0.717) is 11.3 Å². The molecule has 1 atom stereocenters. The van der Waals surface area contributed by atoms with Gasteiger partial charge in [0.1, 0.15) is 0 Å². The van der Waals surface area contributed by atoms with Crippen molar-refractivity contribution in [3.63, 3.8) is 0 Å². The zero-order valence-corrected chi connectivity index (χ0v) is 14.3. The standard InChI is InChI=1S/C16H15F4N5O2/c1-3-26-16(19,20)15-24-23-12-7-21-11(8-25(12)15)10-4-5-13(22-6-10)27-9(2)14(17)18/h4-9,14H,3H2,1-2H3/t9-/m1/s1. The van der Waals surface area contributed by atoms with Gasteiger partial charge in [-0.15, -0.1) is 10.2 Å². The van der Waals surface area contributed by atoms with Crippen molar-refractivity contribution < 1.29 is 27.0 Å². The van der Waals surface area contributed by atoms with E-state index in [4.69, 9.17) is 4.74 Å². The number of hydrogen-bond donors (Lipinski definition) is 0. The summed E-state index contributed by atoms with van der Waals surface area (Å²) in [6, 6.07) is 2.92. The minimum Gasteiger partial charge on any atom is -0.469 e. The van der Waals surface area contributed by atoms with Gasteiger partial charge in [0.05, 0.1) is 18.5 Å². The molecule has 0 saturated heterocycles. The summed E-state index contributed by atoms with van der Waals surface area (Å²) in [5, 5.41) is 7.12. The molecule has 3 rings (SSSR count). The van der Waals surface area contributed by atoms with Crippen LogP contribution in [0.1, 0.15) is 19.7 Å². The van der Waals surface area contributed by atoms with Gasteiger partial charge in [-0.2, -0.15) is 8.78 Å². The molecular formula is C16H15F4N5O2. The van der Waals surface area contributed by atoms with Crippen molar-refractivity contribution in [2.45, 2.75) is 32.5 Å². The smallest absolute Gasteiger partial charge is 0.418 e. The summed E-state index contributed by atoms with van der Waals surface area (Å²) in [6.07, 6.45) is -3.64. The van der Waals surface area contributed by atoms with E-state index in [1.54, 1.807) is 0 Å². The molecule has 3 aromatic heterocycles. The van der Waals surface area contributed by atoms with Crippen molar-refractivity contribution in [2.75, 3.05) is 6.61 Å². The molecule has 7 nitrogen and oxygen atoms in total. The highest BCUT2D eigenvalue weighted by atomic mass is 19.3. The van der Waals surface area contributed by atoms with Crippen molar-refractivity contribution in [1.82, 2.24) is 24.6 Å². The molecule has 0 amide bonds. The third-order valence-electron chi connectivity index (χ3n) is 3.57. The summed E-state index contributed by atoms with van der Waals surface area (Å²) in [5.41, 5.74) is 0.886. The molecule has 0 N–H and O–H groups in total. The highest BCUT2D eigenvalue weighted by molar-refractivity contribution is 5.59. The first kappa shape index (κ1) is 19.0. The lowest BCUT2D eigenvalue weighted by molar-refractivity contribution is -0.251. The summed E-state index contributed by atoms with van der Waals surface area (Å²) in [7, 11) is 0. The number of pyridine rings is 1. The van der Waals surface area contributed by atoms with Crippen LogP contribution in [0.2, 0.25) is 0 Å². The summed E-state index contributed by atoms with van der Waals surface area (Å²) in [6.45, 7) is 2.46. The van der Waals surface area contributed by atoms with E-state index in [1.165, 1.54) is 44.6 Å². The van der Waals surface area contributed by atoms with Crippen LogP contribution in [0.25, 0.3) is 16.9 Å². The van der Waals surface area contributed by atoms with Crippen LogP contribution in [0.15, 0.2) is 30.7 Å². The van der Waals surface area contributed by atoms with Gasteiger partial charge in [-0.1, -0.05) is 0 Å². The van der Waals surface area contributed by atoms with Gasteiger partial charge in [0.15, 0.2) is 11.8 Å². The first-order valence-electron chi connectivity index (χ1n) is 7.96. The van der Waals surface area contributed by atoms with Crippen LogP contribution >= 0.6 is 0 Å². The lowest BCUT2D eigenvalue weighted by atomic mass is 10.2. The number of aromatic nitrogens is 5. The highest BCUT2D eigenvalue weighted by Gasteiger charge is 2.38. The maximum absolute atomic E-state index is 14.0. The Kier molecular flexibility index (Phi) is 5.22. The molecular weight excluding hydrogens is 370 g/mol. The van der Waals surface area contributed by atoms with Gasteiger partial charge >= 0.3 is 6.11 Å². The van der Waals surface area contributed by atoms with Crippen LogP contribution in [0.5, 0.6) is 5.88 Å². The second-order valence-corrected chi connectivity index (χ2v) is 5.52. The zero-order chi connectivity index (χ0) is 19.6. The van der Waals surface area contributed by atoms with Gasteiger partial charge in [0.25, 0.3) is 6.43 Å². The van der Waals surface area contributed by atoms with Crippen LogP contribution in [0.3, 0.4) is 0 Å². The number of alkyl halides is 4. The molecule has 0 spiro atoms. The first-order chi connectivity index (χ1) is 12.8. The molecule has 0 fully saturated rings. The Morgan fingerprint density at radius 2 is 1.93 bits per heavy atom. The van der Waals surface area contributed by atoms with E-state index in [-0.39, 0.29) is 18.1 Å². The Labute approximate surface area is 151 Å². The Balaban J connectivity index is 1.91. The van der Waals surface area contributed by atoms with Crippen molar-refractivity contribution in [3.05, 3.63) is 36.5 Å². The lowest BCUT2D eigenvalue weighted by Crippen LogP contribution is -2.21. The minimum atomic E-state index is -3.62. The topological polar surface area (TPSA) is 74.4 Å². The second kappa shape index (κ2) is 7.43. The predicted molar refractivity (Wildman–Crippen MR) is 85.6 cm³/mol. The number of halogens is 4. The van der Waals surface area contributed by atoms with Crippen LogP contribution in [-0.2, 0) is 10.8 Å². The molecule has 0 radical (unpaired) electrons. The molecule has 0 aromatic carbocycles. The van der Waals surface area contributed by atoms with Gasteiger partial charge in [-0.3, -0.25) is 9.38 Å². The van der Waals surface area contributed by atoms with Gasteiger partial charge < -0.3 is 9.47 Å². The third-order valence-corrected chi connectivity index (χ3v) is 3.57. The highest BCUT2D eigenvalue weighted by Crippen LogP contribution is 2.29. The molecule has 0 aliphatic carbocycles. The second-order valence-electron chi connectivity index (χ2n) is 5.52. The SMILES string of the molecule is CCOC(F)(F)c1nnc2cnc(-c3ccc(O[C@H](C)C(F)F)nc3)cn12. The van der Waals surface area contributed by atoms with Crippen molar-refractivity contribution in [3.8, 4) is 17.1 Å². The molecule has 3 heterocycles. The lowest BCUT2D eigenvalue weighted by Gasteiger charge is -2.14. The van der Waals surface area contributed by atoms with Crippen LogP contribution in [-0.4, -0.2) is 43.7 Å². The molecule has 11 heteroatoms. The van der Waals surface area contributed by atoms with Crippen molar-refractivity contribution in [1.29, 1.82) is 0 Å². The molecule has 3 aromatic rings. The van der Waals surface area contributed by atoms with E-state index in [1.807, 2.05) is 0 Å². The maximum Gasteiger partial charge on any atom is 0.418 e. The van der Waals surface area contributed by atoms with Crippen LogP contribution < -0.4 is 4.74 Å². The molecule has 144 valence electrons. The monoisotopic (exact) mass is 385 g/mol. The summed E-state index contributed by atoms with van der Waals surface area (Å²) >= 11 is 0. The summed E-state index contributed by atoms with van der Waals surface area (Å²) < 4.78 is 63.6. The number of ether oxygens (including phenoxy) is 2. The summed E-state index contributed by atoms with van der Waals surface area (Å²) in [5.74, 6) is -0.665. The van der Waals surface area contributed by atoms with E-state index < -0.39 is 24.5 Å². The average Bonchev–Trinajstić information content (AvgIpc) is 3.06. The fourth-order valence-electron chi connectivity index (χ4n) is 2.24. The third kappa shape index (κ3) is 3.97. The van der Waals surface area contributed by atoms with Crippen LogP contribution in [0.4, 0.5) is 17.6 Å². The number of nitrogens with zero attached hydrogens (tertiary/aromatic N) is 5. The van der Waals surface area contributed by atoms with E-state index >= 15 is 0 Å². The van der Waals surface area contributed by atoms with Crippen molar-refractivity contribution in [2.24, 2.45) is 0 Å². The normalized spacial score (nSPS) is 13.3. The molecule has 0 aliphatic rings. The van der Waals surface area contributed by atoms with Crippen LogP contribution in [0, 0.1) is 0 Å². The van der Waals surface area contributed by atoms with E-state index in [9.17, 15) is 17.6 Å². The number of rotatable bonds is 7. The first-order valence-corrected chi connectivity index (χ1v) is 7.96. The van der Waals surface area contributed by atoms with Gasteiger partial charge in [-0.25, -0.2) is 13.8 Å². The average molecular weight is 385 g/mol. The number of fused-ring (bicyclic) bond motifs is 1. The molecule has 27 heavy (non-hydrogen) atoms. The quantitative estimate of drug-likeness (QED) is 0.581. The predicted octanol–water partition coefficient (Wildman–Crippen LogP) is 3.30. The van der Waals surface area contributed by atoms with Gasteiger partial charge in [0, 0.05) is 24.0 Å². The van der Waals surface area contributed by atoms with Crippen molar-refractivity contribution >= 4 is 5.65 Å². The fourth-order valence-corrected chi connectivity index (χ4v) is 2.24. The Hall–Kier alpha value is -2.82. The molecule has 0 saturated carbocycles.